The van der Waals surface area contributed by atoms with E-state index < -0.39 is 6.04 Å². The SMILES string of the molecule is CCC(C)N1C(=O)CC(Nc2cc(C)ccn2)C1=O. The minimum Gasteiger partial charge on any atom is -0.358 e. The Morgan fingerprint density at radius 1 is 1.53 bits per heavy atom. The zero-order valence-electron chi connectivity index (χ0n) is 11.5. The van der Waals surface area contributed by atoms with E-state index in [4.69, 9.17) is 0 Å². The van der Waals surface area contributed by atoms with Crippen LogP contribution in [0.3, 0.4) is 0 Å². The number of carbonyl (C=O) groups is 2. The number of rotatable bonds is 4. The number of anilines is 1. The Labute approximate surface area is 113 Å². The number of carbonyl (C=O) groups excluding carboxylic acids is 2. The van der Waals surface area contributed by atoms with E-state index >= 15 is 0 Å². The average Bonchev–Trinajstić information content (AvgIpc) is 2.64. The van der Waals surface area contributed by atoms with Crippen molar-refractivity contribution in [2.75, 3.05) is 5.32 Å². The van der Waals surface area contributed by atoms with Crippen molar-refractivity contribution >= 4 is 17.6 Å². The first-order valence-corrected chi connectivity index (χ1v) is 6.58. The maximum Gasteiger partial charge on any atom is 0.252 e. The molecule has 0 spiro atoms. The summed E-state index contributed by atoms with van der Waals surface area (Å²) in [4.78, 5) is 29.6. The van der Waals surface area contributed by atoms with E-state index in [2.05, 4.69) is 10.3 Å². The van der Waals surface area contributed by atoms with Gasteiger partial charge in [0, 0.05) is 12.2 Å². The lowest BCUT2D eigenvalue weighted by molar-refractivity contribution is -0.140. The fourth-order valence-corrected chi connectivity index (χ4v) is 2.20. The largest absolute Gasteiger partial charge is 0.358 e. The van der Waals surface area contributed by atoms with E-state index in [0.717, 1.165) is 12.0 Å². The topological polar surface area (TPSA) is 62.3 Å². The van der Waals surface area contributed by atoms with Gasteiger partial charge in [0.25, 0.3) is 5.91 Å². The molecule has 2 rings (SSSR count). The highest BCUT2D eigenvalue weighted by Gasteiger charge is 2.40. The van der Waals surface area contributed by atoms with E-state index in [1.54, 1.807) is 6.20 Å². The summed E-state index contributed by atoms with van der Waals surface area (Å²) < 4.78 is 0. The third-order valence-electron chi connectivity index (χ3n) is 3.45. The predicted octanol–water partition coefficient (Wildman–Crippen LogP) is 1.73. The number of aromatic nitrogens is 1. The van der Waals surface area contributed by atoms with Crippen LogP contribution in [0.5, 0.6) is 0 Å². The van der Waals surface area contributed by atoms with E-state index in [1.165, 1.54) is 4.90 Å². The summed E-state index contributed by atoms with van der Waals surface area (Å²) in [6.07, 6.45) is 2.66. The highest BCUT2D eigenvalue weighted by molar-refractivity contribution is 6.07. The first kappa shape index (κ1) is 13.5. The van der Waals surface area contributed by atoms with E-state index in [9.17, 15) is 9.59 Å². The van der Waals surface area contributed by atoms with Crippen LogP contribution in [0.25, 0.3) is 0 Å². The van der Waals surface area contributed by atoms with Gasteiger partial charge in [0.1, 0.15) is 11.9 Å². The molecule has 0 bridgehead atoms. The van der Waals surface area contributed by atoms with Crippen molar-refractivity contribution in [3.63, 3.8) is 0 Å². The third kappa shape index (κ3) is 2.75. The Morgan fingerprint density at radius 3 is 2.89 bits per heavy atom. The number of pyridine rings is 1. The Morgan fingerprint density at radius 2 is 2.26 bits per heavy atom. The molecule has 1 fully saturated rings. The molecule has 0 aromatic carbocycles. The van der Waals surface area contributed by atoms with Crippen molar-refractivity contribution in [2.24, 2.45) is 0 Å². The average molecular weight is 261 g/mol. The second-order valence-electron chi connectivity index (χ2n) is 4.98. The Bertz CT molecular complexity index is 501. The zero-order chi connectivity index (χ0) is 14.0. The number of likely N-dealkylation sites (tertiary alicyclic amines) is 1. The maximum atomic E-state index is 12.2. The monoisotopic (exact) mass is 261 g/mol. The molecule has 0 aliphatic carbocycles. The van der Waals surface area contributed by atoms with Crippen LogP contribution in [0.1, 0.15) is 32.3 Å². The molecule has 19 heavy (non-hydrogen) atoms. The molecule has 0 radical (unpaired) electrons. The molecule has 5 nitrogen and oxygen atoms in total. The van der Waals surface area contributed by atoms with E-state index in [-0.39, 0.29) is 24.3 Å². The van der Waals surface area contributed by atoms with Crippen molar-refractivity contribution in [3.05, 3.63) is 23.9 Å². The molecule has 2 heterocycles. The highest BCUT2D eigenvalue weighted by Crippen LogP contribution is 2.21. The van der Waals surface area contributed by atoms with Gasteiger partial charge in [-0.15, -0.1) is 0 Å². The molecule has 1 N–H and O–H groups in total. The number of hydrogen-bond donors (Lipinski definition) is 1. The molecule has 1 saturated heterocycles. The Kier molecular flexibility index (Phi) is 3.83. The third-order valence-corrected chi connectivity index (χ3v) is 3.45. The number of nitrogens with zero attached hydrogens (tertiary/aromatic N) is 2. The molecule has 1 aromatic heterocycles. The van der Waals surface area contributed by atoms with Crippen LogP contribution in [-0.2, 0) is 9.59 Å². The summed E-state index contributed by atoms with van der Waals surface area (Å²) in [7, 11) is 0. The minimum absolute atomic E-state index is 0.0442. The Hall–Kier alpha value is -1.91. The Balaban J connectivity index is 2.11. The number of nitrogens with one attached hydrogen (secondary N) is 1. The molecule has 2 amide bonds. The van der Waals surface area contributed by atoms with Gasteiger partial charge in [0.2, 0.25) is 5.91 Å². The normalized spacial score (nSPS) is 20.8. The molecule has 0 saturated carbocycles. The highest BCUT2D eigenvalue weighted by atomic mass is 16.2. The molecule has 2 unspecified atom stereocenters. The van der Waals surface area contributed by atoms with Crippen LogP contribution in [-0.4, -0.2) is 33.8 Å². The van der Waals surface area contributed by atoms with Gasteiger partial charge in [0.05, 0.1) is 6.42 Å². The molecule has 2 atom stereocenters. The van der Waals surface area contributed by atoms with Gasteiger partial charge < -0.3 is 5.32 Å². The molecule has 1 aromatic rings. The van der Waals surface area contributed by atoms with Crippen LogP contribution in [0, 0.1) is 6.92 Å². The lowest BCUT2D eigenvalue weighted by Gasteiger charge is -2.21. The van der Waals surface area contributed by atoms with Gasteiger partial charge >= 0.3 is 0 Å². The van der Waals surface area contributed by atoms with Crippen LogP contribution in [0.2, 0.25) is 0 Å². The standard InChI is InChI=1S/C14H19N3O2/c1-4-10(3)17-13(18)8-11(14(17)19)16-12-7-9(2)5-6-15-12/h5-7,10-11H,4,8H2,1-3H3,(H,15,16). The van der Waals surface area contributed by atoms with Gasteiger partial charge in [-0.25, -0.2) is 4.98 Å². The molecule has 102 valence electrons. The van der Waals surface area contributed by atoms with Gasteiger partial charge in [-0.05, 0) is 38.0 Å². The lowest BCUT2D eigenvalue weighted by Crippen LogP contribution is -2.40. The van der Waals surface area contributed by atoms with E-state index in [0.29, 0.717) is 5.82 Å². The van der Waals surface area contributed by atoms with Crippen molar-refractivity contribution < 1.29 is 9.59 Å². The fourth-order valence-electron chi connectivity index (χ4n) is 2.20. The minimum atomic E-state index is -0.490. The predicted molar refractivity (Wildman–Crippen MR) is 72.6 cm³/mol. The molecule has 1 aliphatic heterocycles. The number of amides is 2. The van der Waals surface area contributed by atoms with Gasteiger partial charge in [-0.2, -0.15) is 0 Å². The summed E-state index contributed by atoms with van der Waals surface area (Å²) in [5.41, 5.74) is 1.06. The van der Waals surface area contributed by atoms with Gasteiger partial charge in [0.15, 0.2) is 0 Å². The number of hydrogen-bond acceptors (Lipinski definition) is 4. The van der Waals surface area contributed by atoms with Crippen LogP contribution in [0.15, 0.2) is 18.3 Å². The lowest BCUT2D eigenvalue weighted by atomic mass is 10.2. The summed E-state index contributed by atoms with van der Waals surface area (Å²) in [5, 5.41) is 3.05. The summed E-state index contributed by atoms with van der Waals surface area (Å²) in [5.74, 6) is 0.379. The quantitative estimate of drug-likeness (QED) is 0.838. The molecule has 1 aliphatic rings. The first-order valence-electron chi connectivity index (χ1n) is 6.58. The second-order valence-corrected chi connectivity index (χ2v) is 4.98. The molecular formula is C14H19N3O2. The van der Waals surface area contributed by atoms with Crippen molar-refractivity contribution in [1.29, 1.82) is 0 Å². The van der Waals surface area contributed by atoms with Crippen LogP contribution >= 0.6 is 0 Å². The summed E-state index contributed by atoms with van der Waals surface area (Å²) in [6, 6.07) is 3.22. The number of aryl methyl sites for hydroxylation is 1. The van der Waals surface area contributed by atoms with Crippen molar-refractivity contribution in [1.82, 2.24) is 9.88 Å². The van der Waals surface area contributed by atoms with Crippen molar-refractivity contribution in [3.8, 4) is 0 Å². The summed E-state index contributed by atoms with van der Waals surface area (Å²) in [6.45, 7) is 5.82. The maximum absolute atomic E-state index is 12.2. The first-order chi connectivity index (χ1) is 9.02. The fraction of sp³-hybridized carbons (Fsp3) is 0.500. The van der Waals surface area contributed by atoms with Crippen LogP contribution in [0.4, 0.5) is 5.82 Å². The number of imide groups is 1. The van der Waals surface area contributed by atoms with Crippen molar-refractivity contribution in [2.45, 2.75) is 45.7 Å². The van der Waals surface area contributed by atoms with Gasteiger partial charge in [-0.1, -0.05) is 6.92 Å². The summed E-state index contributed by atoms with van der Waals surface area (Å²) >= 11 is 0. The zero-order valence-corrected chi connectivity index (χ0v) is 11.5. The van der Waals surface area contributed by atoms with E-state index in [1.807, 2.05) is 32.9 Å². The molecular weight excluding hydrogens is 242 g/mol. The molecule has 5 heteroatoms. The van der Waals surface area contributed by atoms with Gasteiger partial charge in [-0.3, -0.25) is 14.5 Å². The van der Waals surface area contributed by atoms with Crippen LogP contribution < -0.4 is 5.32 Å². The smallest absolute Gasteiger partial charge is 0.252 e. The second kappa shape index (κ2) is 5.38.